The highest BCUT2D eigenvalue weighted by molar-refractivity contribution is 5.94. The molecule has 4 aromatic carbocycles. The van der Waals surface area contributed by atoms with Gasteiger partial charge >= 0.3 is 18.2 Å². The SMILES string of the molecule is CCn1cc(C(=O)O)c(=O)c2cc(F)c(N3CCN(C(=O)OCc4ccc(NC(=O)C(CCCCN)n5cc(C(Cc6ccccc6)NC(=O)OCc6ccccc6)nn5)cc4)CC3)cc21. The molecule has 5 N–H and O–H groups in total. The molecule has 0 bridgehead atoms. The molecule has 2 aromatic heterocycles. The van der Waals surface area contributed by atoms with Gasteiger partial charge in [-0.3, -0.25) is 9.59 Å². The van der Waals surface area contributed by atoms with Gasteiger partial charge in [-0.05, 0) is 80.1 Å². The number of fused-ring (bicyclic) bond motifs is 1. The molecule has 17 nitrogen and oxygen atoms in total. The minimum absolute atomic E-state index is 0.0156. The van der Waals surface area contributed by atoms with E-state index in [-0.39, 0.29) is 43.3 Å². The summed E-state index contributed by atoms with van der Waals surface area (Å²) in [7, 11) is 0. The van der Waals surface area contributed by atoms with Gasteiger partial charge in [-0.2, -0.15) is 0 Å². The maximum Gasteiger partial charge on any atom is 0.410 e. The molecule has 2 atom stereocenters. The zero-order valence-corrected chi connectivity index (χ0v) is 36.5. The maximum absolute atomic E-state index is 15.4. The molecule has 1 saturated heterocycles. The van der Waals surface area contributed by atoms with Gasteiger partial charge in [0.25, 0.3) is 0 Å². The third-order valence-corrected chi connectivity index (χ3v) is 11.4. The second-order valence-electron chi connectivity index (χ2n) is 15.9. The third kappa shape index (κ3) is 11.6. The highest BCUT2D eigenvalue weighted by Gasteiger charge is 2.28. The summed E-state index contributed by atoms with van der Waals surface area (Å²) in [5.41, 5.74) is 8.74. The second kappa shape index (κ2) is 21.9. The Hall–Kier alpha value is -7.60. The van der Waals surface area contributed by atoms with E-state index in [1.54, 1.807) is 52.9 Å². The van der Waals surface area contributed by atoms with Gasteiger partial charge in [-0.25, -0.2) is 23.5 Å². The van der Waals surface area contributed by atoms with Crippen molar-refractivity contribution in [2.45, 2.75) is 64.4 Å². The van der Waals surface area contributed by atoms with Crippen molar-refractivity contribution in [3.05, 3.63) is 153 Å². The Labute approximate surface area is 379 Å². The van der Waals surface area contributed by atoms with Gasteiger partial charge in [0, 0.05) is 50.0 Å². The molecule has 3 amide bonds. The molecule has 344 valence electrons. The van der Waals surface area contributed by atoms with E-state index in [1.807, 2.05) is 60.7 Å². The normalized spacial score (nSPS) is 13.5. The Bertz CT molecular complexity index is 2690. The van der Waals surface area contributed by atoms with Crippen LogP contribution < -0.4 is 26.7 Å². The molecule has 7 rings (SSSR count). The number of nitrogens with one attached hydrogen (secondary N) is 2. The predicted molar refractivity (Wildman–Crippen MR) is 244 cm³/mol. The summed E-state index contributed by atoms with van der Waals surface area (Å²) in [5.74, 6) is -2.37. The summed E-state index contributed by atoms with van der Waals surface area (Å²) < 4.78 is 29.6. The molecule has 0 aliphatic carbocycles. The first-order valence-corrected chi connectivity index (χ1v) is 21.8. The van der Waals surface area contributed by atoms with E-state index in [2.05, 4.69) is 20.9 Å². The number of unbranched alkanes of at least 4 members (excludes halogenated alkanes) is 1. The number of aryl methyl sites for hydroxylation is 1. The first-order valence-electron chi connectivity index (χ1n) is 21.8. The quantitative estimate of drug-likeness (QED) is 0.0687. The second-order valence-corrected chi connectivity index (χ2v) is 15.9. The Morgan fingerprint density at radius 1 is 0.848 bits per heavy atom. The zero-order chi connectivity index (χ0) is 46.6. The maximum atomic E-state index is 15.4. The molecule has 2 unspecified atom stereocenters. The lowest BCUT2D eigenvalue weighted by molar-refractivity contribution is -0.119. The molecule has 0 saturated carbocycles. The number of carboxylic acids is 1. The van der Waals surface area contributed by atoms with Crippen LogP contribution in [-0.4, -0.2) is 86.4 Å². The van der Waals surface area contributed by atoms with Gasteiger partial charge in [0.05, 0.1) is 23.4 Å². The molecular formula is C48H52FN9O8. The predicted octanol–water partition coefficient (Wildman–Crippen LogP) is 6.43. The van der Waals surface area contributed by atoms with E-state index < -0.39 is 47.0 Å². The smallest absolute Gasteiger partial charge is 0.410 e. The number of carbonyl (C=O) groups is 4. The number of carbonyl (C=O) groups excluding carboxylic acids is 3. The van der Waals surface area contributed by atoms with Gasteiger partial charge in [-0.15, -0.1) is 5.10 Å². The van der Waals surface area contributed by atoms with Crippen LogP contribution >= 0.6 is 0 Å². The summed E-state index contributed by atoms with van der Waals surface area (Å²) in [6, 6.07) is 27.2. The summed E-state index contributed by atoms with van der Waals surface area (Å²) in [4.78, 5) is 67.7. The first-order chi connectivity index (χ1) is 32.0. The number of hydrogen-bond donors (Lipinski definition) is 4. The van der Waals surface area contributed by atoms with Crippen molar-refractivity contribution in [3.63, 3.8) is 0 Å². The number of carboxylic acid groups (broad SMARTS) is 1. The lowest BCUT2D eigenvalue weighted by Gasteiger charge is -2.35. The molecule has 1 aliphatic heterocycles. The van der Waals surface area contributed by atoms with Crippen LogP contribution in [0.4, 0.5) is 25.4 Å². The average Bonchev–Trinajstić information content (AvgIpc) is 3.82. The molecule has 3 heterocycles. The Morgan fingerprint density at radius 3 is 2.18 bits per heavy atom. The summed E-state index contributed by atoms with van der Waals surface area (Å²) in [5, 5.41) is 24.1. The van der Waals surface area contributed by atoms with Crippen molar-refractivity contribution in [2.75, 3.05) is 42.9 Å². The monoisotopic (exact) mass is 901 g/mol. The largest absolute Gasteiger partial charge is 0.477 e. The van der Waals surface area contributed by atoms with Crippen LogP contribution in [0.1, 0.15) is 71.0 Å². The van der Waals surface area contributed by atoms with Crippen LogP contribution in [0.2, 0.25) is 0 Å². The number of amides is 3. The van der Waals surface area contributed by atoms with Crippen LogP contribution in [0.15, 0.2) is 114 Å². The van der Waals surface area contributed by atoms with Crippen molar-refractivity contribution in [2.24, 2.45) is 5.73 Å². The molecule has 0 spiro atoms. The number of anilines is 2. The number of nitrogens with zero attached hydrogens (tertiary/aromatic N) is 6. The van der Waals surface area contributed by atoms with E-state index in [0.29, 0.717) is 74.3 Å². The van der Waals surface area contributed by atoms with Crippen molar-refractivity contribution < 1.29 is 38.1 Å². The number of aromatic carboxylic acids is 1. The van der Waals surface area contributed by atoms with Crippen LogP contribution in [0.3, 0.4) is 0 Å². The van der Waals surface area contributed by atoms with E-state index in [1.165, 1.54) is 15.8 Å². The van der Waals surface area contributed by atoms with E-state index in [9.17, 15) is 29.1 Å². The fourth-order valence-electron chi connectivity index (χ4n) is 7.79. The molecule has 1 aliphatic rings. The van der Waals surface area contributed by atoms with Crippen LogP contribution in [0.5, 0.6) is 0 Å². The van der Waals surface area contributed by atoms with Crippen LogP contribution in [0, 0.1) is 5.82 Å². The highest BCUT2D eigenvalue weighted by atomic mass is 19.1. The minimum Gasteiger partial charge on any atom is -0.477 e. The Kier molecular flexibility index (Phi) is 15.4. The van der Waals surface area contributed by atoms with Gasteiger partial charge in [0.15, 0.2) is 0 Å². The molecule has 1 fully saturated rings. The van der Waals surface area contributed by atoms with Crippen LogP contribution in [-0.2, 0) is 40.4 Å². The van der Waals surface area contributed by atoms with E-state index >= 15 is 4.39 Å². The molecule has 18 heteroatoms. The standard InChI is InChI=1S/C48H52FN9O8/c1-2-55-28-37(46(61)62)44(59)36-26-38(49)43(27-42(36)55)56-21-23-57(24-22-56)48(64)66-31-34-16-18-35(19-17-34)51-45(60)41(15-9-10-20-50)58-29-40(53-54-58)39(25-32-11-5-3-6-12-32)52-47(63)65-30-33-13-7-4-8-14-33/h3-8,11-14,16-19,26-29,39,41H,2,9-10,15,20-25,30-31,50H2,1H3,(H,51,60)(H,52,63)(H,61,62). The Morgan fingerprint density at radius 2 is 1.52 bits per heavy atom. The first kappa shape index (κ1) is 46.4. The number of alkyl carbamates (subject to hydrolysis) is 1. The summed E-state index contributed by atoms with van der Waals surface area (Å²) in [6.07, 6.45) is 3.96. The third-order valence-electron chi connectivity index (χ3n) is 11.4. The summed E-state index contributed by atoms with van der Waals surface area (Å²) >= 11 is 0. The number of rotatable bonds is 18. The fourth-order valence-corrected chi connectivity index (χ4v) is 7.79. The van der Waals surface area contributed by atoms with Crippen molar-refractivity contribution in [1.29, 1.82) is 0 Å². The minimum atomic E-state index is -1.38. The Balaban J connectivity index is 0.945. The number of aromatic nitrogens is 4. The van der Waals surface area contributed by atoms with E-state index in [4.69, 9.17) is 15.2 Å². The molecule has 66 heavy (non-hydrogen) atoms. The molecule has 6 aromatic rings. The number of hydrogen-bond acceptors (Lipinski definition) is 11. The number of nitrogens with two attached hydrogens (primary N) is 1. The number of benzene rings is 4. The fraction of sp³-hybridized carbons (Fsp3) is 0.312. The van der Waals surface area contributed by atoms with Gasteiger partial charge in [0.1, 0.15) is 36.3 Å². The zero-order valence-electron chi connectivity index (χ0n) is 36.5. The van der Waals surface area contributed by atoms with Crippen molar-refractivity contribution >= 4 is 46.3 Å². The molecule has 0 radical (unpaired) electrons. The lowest BCUT2D eigenvalue weighted by atomic mass is 10.0. The highest BCUT2D eigenvalue weighted by Crippen LogP contribution is 2.27. The number of pyridine rings is 1. The number of halogens is 1. The number of piperazine rings is 1. The van der Waals surface area contributed by atoms with Gasteiger partial charge < -0.3 is 45.3 Å². The topological polar surface area (TPSA) is 216 Å². The van der Waals surface area contributed by atoms with Gasteiger partial charge in [0.2, 0.25) is 11.3 Å². The van der Waals surface area contributed by atoms with Crippen molar-refractivity contribution in [1.82, 2.24) is 29.8 Å². The van der Waals surface area contributed by atoms with Gasteiger partial charge in [-0.1, -0.05) is 78.0 Å². The van der Waals surface area contributed by atoms with Crippen LogP contribution in [0.25, 0.3) is 10.9 Å². The lowest BCUT2D eigenvalue weighted by Crippen LogP contribution is -2.49. The van der Waals surface area contributed by atoms with Crippen molar-refractivity contribution in [3.8, 4) is 0 Å². The molecular weight excluding hydrogens is 850 g/mol. The summed E-state index contributed by atoms with van der Waals surface area (Å²) in [6.45, 7) is 3.81. The number of ether oxygens (including phenoxy) is 2. The average molecular weight is 902 g/mol. The van der Waals surface area contributed by atoms with E-state index in [0.717, 1.165) is 17.2 Å².